The zero-order chi connectivity index (χ0) is 18.9. The summed E-state index contributed by atoms with van der Waals surface area (Å²) in [5.74, 6) is 1.18. The van der Waals surface area contributed by atoms with Crippen molar-refractivity contribution in [2.75, 3.05) is 30.9 Å². The van der Waals surface area contributed by atoms with Crippen LogP contribution in [0.4, 0.5) is 10.6 Å². The van der Waals surface area contributed by atoms with E-state index in [1.165, 1.54) is 10.6 Å². The van der Waals surface area contributed by atoms with E-state index in [2.05, 4.69) is 9.97 Å². The molecule has 0 saturated carbocycles. The summed E-state index contributed by atoms with van der Waals surface area (Å²) in [6, 6.07) is -0.0250. The zero-order valence-corrected chi connectivity index (χ0v) is 16.3. The lowest BCUT2D eigenvalue weighted by atomic mass is 9.93. The SMILES string of the molecule is CC(C)[C@@H]1COC(=O)N1c1cnc(CC2CCN(S(C)(=O)=O)CC2)cn1. The summed E-state index contributed by atoms with van der Waals surface area (Å²) in [4.78, 5) is 22.5. The number of carbonyl (C=O) groups excluding carboxylic acids is 1. The summed E-state index contributed by atoms with van der Waals surface area (Å²) >= 11 is 0. The standard InChI is InChI=1S/C17H26N4O4S/c1-12(2)15-11-25-17(22)21(15)16-10-18-14(9-19-16)8-13-4-6-20(7-5-13)26(3,23)24/h9-10,12-13,15H,4-8,11H2,1-3H3/t15-/m0/s1. The maximum atomic E-state index is 12.0. The smallest absolute Gasteiger partial charge is 0.415 e. The molecular formula is C17H26N4O4S. The lowest BCUT2D eigenvalue weighted by molar-refractivity contribution is 0.177. The minimum atomic E-state index is -3.10. The third-order valence-corrected chi connectivity index (χ3v) is 6.46. The van der Waals surface area contributed by atoms with Crippen molar-refractivity contribution in [2.24, 2.45) is 11.8 Å². The van der Waals surface area contributed by atoms with Crippen LogP contribution in [0.2, 0.25) is 0 Å². The predicted octanol–water partition coefficient (Wildman–Crippen LogP) is 1.67. The van der Waals surface area contributed by atoms with Gasteiger partial charge in [0.05, 0.1) is 30.4 Å². The summed E-state index contributed by atoms with van der Waals surface area (Å²) < 4.78 is 29.8. The van der Waals surface area contributed by atoms with Crippen LogP contribution in [0.25, 0.3) is 0 Å². The highest BCUT2D eigenvalue weighted by Crippen LogP contribution is 2.26. The van der Waals surface area contributed by atoms with Crippen LogP contribution < -0.4 is 4.90 Å². The highest BCUT2D eigenvalue weighted by atomic mass is 32.2. The van der Waals surface area contributed by atoms with E-state index in [1.54, 1.807) is 17.3 Å². The number of sulfonamides is 1. The molecule has 3 rings (SSSR count). The molecule has 0 aromatic carbocycles. The topological polar surface area (TPSA) is 92.7 Å². The molecule has 0 spiro atoms. The van der Waals surface area contributed by atoms with Gasteiger partial charge in [-0.3, -0.25) is 9.88 Å². The number of piperidine rings is 1. The maximum absolute atomic E-state index is 12.0. The van der Waals surface area contributed by atoms with Crippen molar-refractivity contribution in [3.05, 3.63) is 18.1 Å². The normalized spacial score (nSPS) is 22.8. The predicted molar refractivity (Wildman–Crippen MR) is 97.3 cm³/mol. The number of rotatable bonds is 5. The van der Waals surface area contributed by atoms with E-state index in [0.717, 1.165) is 25.0 Å². The lowest BCUT2D eigenvalue weighted by Gasteiger charge is -2.30. The molecule has 9 heteroatoms. The van der Waals surface area contributed by atoms with E-state index >= 15 is 0 Å². The van der Waals surface area contributed by atoms with Crippen LogP contribution in [0, 0.1) is 11.8 Å². The molecule has 144 valence electrons. The van der Waals surface area contributed by atoms with Crippen LogP contribution in [0.15, 0.2) is 12.4 Å². The molecule has 2 aliphatic heterocycles. The molecule has 1 aromatic heterocycles. The third-order valence-electron chi connectivity index (χ3n) is 5.15. The minimum absolute atomic E-state index is 0.0250. The van der Waals surface area contributed by atoms with E-state index in [-0.39, 0.29) is 18.1 Å². The van der Waals surface area contributed by atoms with Crippen molar-refractivity contribution in [1.29, 1.82) is 0 Å². The second kappa shape index (κ2) is 7.48. The van der Waals surface area contributed by atoms with E-state index in [1.807, 2.05) is 13.8 Å². The number of hydrogen-bond donors (Lipinski definition) is 0. The fourth-order valence-corrected chi connectivity index (χ4v) is 4.38. The van der Waals surface area contributed by atoms with Crippen molar-refractivity contribution in [3.8, 4) is 0 Å². The van der Waals surface area contributed by atoms with E-state index in [0.29, 0.717) is 31.4 Å². The fourth-order valence-electron chi connectivity index (χ4n) is 3.51. The summed E-state index contributed by atoms with van der Waals surface area (Å²) in [6.45, 7) is 5.59. The van der Waals surface area contributed by atoms with Gasteiger partial charge in [-0.1, -0.05) is 13.8 Å². The number of cyclic esters (lactones) is 1. The number of hydrogen-bond acceptors (Lipinski definition) is 6. The third kappa shape index (κ3) is 4.15. The molecule has 3 heterocycles. The van der Waals surface area contributed by atoms with Crippen LogP contribution in [0.3, 0.4) is 0 Å². The van der Waals surface area contributed by atoms with Gasteiger partial charge >= 0.3 is 6.09 Å². The molecule has 8 nitrogen and oxygen atoms in total. The van der Waals surface area contributed by atoms with Crippen molar-refractivity contribution in [2.45, 2.75) is 39.2 Å². The Hall–Kier alpha value is -1.74. The summed E-state index contributed by atoms with van der Waals surface area (Å²) in [5, 5.41) is 0. The Morgan fingerprint density at radius 1 is 1.23 bits per heavy atom. The number of ether oxygens (including phenoxy) is 1. The van der Waals surface area contributed by atoms with Gasteiger partial charge in [0, 0.05) is 13.1 Å². The Bertz CT molecular complexity index is 743. The molecular weight excluding hydrogens is 356 g/mol. The van der Waals surface area contributed by atoms with Gasteiger partial charge in [0.25, 0.3) is 0 Å². The monoisotopic (exact) mass is 382 g/mol. The van der Waals surface area contributed by atoms with Crippen LogP contribution >= 0.6 is 0 Å². The first-order chi connectivity index (χ1) is 12.3. The van der Waals surface area contributed by atoms with E-state index in [4.69, 9.17) is 4.74 Å². The molecule has 0 N–H and O–H groups in total. The van der Waals surface area contributed by atoms with E-state index < -0.39 is 10.0 Å². The molecule has 0 aliphatic carbocycles. The van der Waals surface area contributed by atoms with Gasteiger partial charge in [-0.05, 0) is 31.1 Å². The van der Waals surface area contributed by atoms with Crippen LogP contribution in [0.5, 0.6) is 0 Å². The Balaban J connectivity index is 1.61. The number of aromatic nitrogens is 2. The van der Waals surface area contributed by atoms with Gasteiger partial charge in [-0.2, -0.15) is 0 Å². The van der Waals surface area contributed by atoms with Crippen molar-refractivity contribution in [1.82, 2.24) is 14.3 Å². The first-order valence-electron chi connectivity index (χ1n) is 8.97. The number of nitrogens with zero attached hydrogens (tertiary/aromatic N) is 4. The van der Waals surface area contributed by atoms with Gasteiger partial charge in [0.1, 0.15) is 6.61 Å². The Kier molecular flexibility index (Phi) is 5.47. The van der Waals surface area contributed by atoms with Crippen LogP contribution in [-0.2, 0) is 21.2 Å². The van der Waals surface area contributed by atoms with Crippen molar-refractivity contribution >= 4 is 21.9 Å². The Labute approximate surface area is 154 Å². The summed E-state index contributed by atoms with van der Waals surface area (Å²) in [5.41, 5.74) is 0.861. The second-order valence-corrected chi connectivity index (χ2v) is 9.42. The molecule has 2 fully saturated rings. The first kappa shape index (κ1) is 19.0. The molecule has 1 aromatic rings. The number of amides is 1. The van der Waals surface area contributed by atoms with Crippen LogP contribution in [-0.4, -0.2) is 60.8 Å². The lowest BCUT2D eigenvalue weighted by Crippen LogP contribution is -2.38. The quantitative estimate of drug-likeness (QED) is 0.769. The first-order valence-corrected chi connectivity index (χ1v) is 10.8. The molecule has 0 radical (unpaired) electrons. The Morgan fingerprint density at radius 2 is 1.92 bits per heavy atom. The average molecular weight is 382 g/mol. The fraction of sp³-hybridized carbons (Fsp3) is 0.706. The zero-order valence-electron chi connectivity index (χ0n) is 15.5. The summed E-state index contributed by atoms with van der Waals surface area (Å²) in [7, 11) is -3.10. The van der Waals surface area contributed by atoms with Gasteiger partial charge < -0.3 is 4.74 Å². The maximum Gasteiger partial charge on any atom is 0.415 e. The second-order valence-electron chi connectivity index (χ2n) is 7.43. The molecule has 2 aliphatic rings. The van der Waals surface area contributed by atoms with Gasteiger partial charge in [0.2, 0.25) is 10.0 Å². The molecule has 26 heavy (non-hydrogen) atoms. The van der Waals surface area contributed by atoms with Crippen LogP contribution in [0.1, 0.15) is 32.4 Å². The van der Waals surface area contributed by atoms with E-state index in [9.17, 15) is 13.2 Å². The van der Waals surface area contributed by atoms with Crippen molar-refractivity contribution in [3.63, 3.8) is 0 Å². The highest BCUT2D eigenvalue weighted by Gasteiger charge is 2.37. The van der Waals surface area contributed by atoms with Gasteiger partial charge in [-0.15, -0.1) is 0 Å². The van der Waals surface area contributed by atoms with Gasteiger partial charge in [0.15, 0.2) is 5.82 Å². The molecule has 0 bridgehead atoms. The van der Waals surface area contributed by atoms with Crippen molar-refractivity contribution < 1.29 is 17.9 Å². The molecule has 0 unspecified atom stereocenters. The average Bonchev–Trinajstić information content (AvgIpc) is 2.97. The highest BCUT2D eigenvalue weighted by molar-refractivity contribution is 7.88. The number of carbonyl (C=O) groups is 1. The minimum Gasteiger partial charge on any atom is -0.447 e. The van der Waals surface area contributed by atoms with Gasteiger partial charge in [-0.25, -0.2) is 22.5 Å². The summed E-state index contributed by atoms with van der Waals surface area (Å²) in [6.07, 6.45) is 6.63. The molecule has 2 saturated heterocycles. The molecule has 1 atom stereocenters. The Morgan fingerprint density at radius 3 is 2.46 bits per heavy atom. The largest absolute Gasteiger partial charge is 0.447 e. The number of anilines is 1. The molecule has 1 amide bonds.